The number of halogens is 1. The molecule has 0 spiro atoms. The predicted octanol–water partition coefficient (Wildman–Crippen LogP) is 5.48. The van der Waals surface area contributed by atoms with Gasteiger partial charge in [-0.15, -0.1) is 0 Å². The number of fused-ring (bicyclic) bond motifs is 1. The Kier molecular flexibility index (Phi) is 5.55. The van der Waals surface area contributed by atoms with Gasteiger partial charge in [-0.05, 0) is 47.5 Å². The Morgan fingerprint density at radius 2 is 1.73 bits per heavy atom. The molecule has 0 amide bonds. The first-order valence-corrected chi connectivity index (χ1v) is 9.54. The van der Waals surface area contributed by atoms with Crippen LogP contribution in [0.25, 0.3) is 22.1 Å². The second-order valence-electron chi connectivity index (χ2n) is 6.62. The molecule has 0 saturated carbocycles. The number of hydrogen-bond donors (Lipinski definition) is 0. The lowest BCUT2D eigenvalue weighted by molar-refractivity contribution is 0.0600. The summed E-state index contributed by atoms with van der Waals surface area (Å²) in [7, 11) is 1.34. The van der Waals surface area contributed by atoms with Crippen molar-refractivity contribution in [1.29, 1.82) is 0 Å². The summed E-state index contributed by atoms with van der Waals surface area (Å²) in [6.45, 7) is 0.306. The molecule has 30 heavy (non-hydrogen) atoms. The molecule has 0 aliphatic heterocycles. The molecular weight excluding hydrogens is 404 g/mol. The van der Waals surface area contributed by atoms with E-state index in [1.165, 1.54) is 13.4 Å². The first-order valence-electron chi connectivity index (χ1n) is 9.17. The van der Waals surface area contributed by atoms with Crippen LogP contribution in [0.3, 0.4) is 0 Å². The quantitative estimate of drug-likeness (QED) is 0.400. The third kappa shape index (κ3) is 4.07. The van der Waals surface area contributed by atoms with Crippen molar-refractivity contribution in [2.45, 2.75) is 6.61 Å². The number of carbonyl (C=O) groups excluding carboxylic acids is 1. The average Bonchev–Trinajstić information content (AvgIpc) is 2.78. The van der Waals surface area contributed by atoms with Crippen molar-refractivity contribution in [2.75, 3.05) is 7.11 Å². The van der Waals surface area contributed by atoms with E-state index in [1.54, 1.807) is 66.7 Å². The number of carbonyl (C=O) groups is 1. The van der Waals surface area contributed by atoms with Crippen molar-refractivity contribution in [3.8, 4) is 16.9 Å². The van der Waals surface area contributed by atoms with Gasteiger partial charge in [-0.1, -0.05) is 35.9 Å². The van der Waals surface area contributed by atoms with Crippen LogP contribution in [0.15, 0.2) is 82.2 Å². The molecule has 0 aliphatic rings. The zero-order chi connectivity index (χ0) is 21.1. The van der Waals surface area contributed by atoms with Gasteiger partial charge in [-0.2, -0.15) is 0 Å². The highest BCUT2D eigenvalue weighted by Crippen LogP contribution is 2.24. The summed E-state index contributed by atoms with van der Waals surface area (Å²) in [4.78, 5) is 24.3. The third-order valence-electron chi connectivity index (χ3n) is 4.68. The highest BCUT2D eigenvalue weighted by Gasteiger charge is 2.10. The lowest BCUT2D eigenvalue weighted by Crippen LogP contribution is -2.05. The standard InChI is InChI=1S/C24H17ClO5/c1-28-24(27)17-4-2-15(3-5-17)13-29-19-10-11-20-22(12-19)30-14-21(23(20)26)16-6-8-18(25)9-7-16/h2-12,14H,13H2,1H3. The normalized spacial score (nSPS) is 10.7. The van der Waals surface area contributed by atoms with Crippen LogP contribution in [-0.2, 0) is 11.3 Å². The third-order valence-corrected chi connectivity index (χ3v) is 4.93. The minimum atomic E-state index is -0.384. The minimum Gasteiger partial charge on any atom is -0.489 e. The van der Waals surface area contributed by atoms with Crippen molar-refractivity contribution in [3.63, 3.8) is 0 Å². The van der Waals surface area contributed by atoms with Crippen LogP contribution in [0.5, 0.6) is 5.75 Å². The molecular formula is C24H17ClO5. The van der Waals surface area contributed by atoms with E-state index in [0.29, 0.717) is 39.5 Å². The van der Waals surface area contributed by atoms with Crippen LogP contribution in [-0.4, -0.2) is 13.1 Å². The van der Waals surface area contributed by atoms with Crippen LogP contribution in [0, 0.1) is 0 Å². The lowest BCUT2D eigenvalue weighted by Gasteiger charge is -2.08. The Bertz CT molecular complexity index is 1260. The fourth-order valence-corrected chi connectivity index (χ4v) is 3.17. The molecule has 0 fully saturated rings. The molecule has 6 heteroatoms. The molecule has 1 aromatic heterocycles. The number of methoxy groups -OCH3 is 1. The van der Waals surface area contributed by atoms with E-state index < -0.39 is 0 Å². The van der Waals surface area contributed by atoms with E-state index in [9.17, 15) is 9.59 Å². The van der Waals surface area contributed by atoms with E-state index in [2.05, 4.69) is 4.74 Å². The van der Waals surface area contributed by atoms with Crippen LogP contribution in [0.1, 0.15) is 15.9 Å². The number of rotatable bonds is 5. The van der Waals surface area contributed by atoms with E-state index in [1.807, 2.05) is 0 Å². The van der Waals surface area contributed by atoms with E-state index >= 15 is 0 Å². The highest BCUT2D eigenvalue weighted by atomic mass is 35.5. The molecule has 5 nitrogen and oxygen atoms in total. The molecule has 0 N–H and O–H groups in total. The average molecular weight is 421 g/mol. The Labute approximate surface area is 177 Å². The van der Waals surface area contributed by atoms with Gasteiger partial charge in [-0.3, -0.25) is 4.79 Å². The van der Waals surface area contributed by atoms with Crippen LogP contribution in [0.4, 0.5) is 0 Å². The number of benzene rings is 3. The van der Waals surface area contributed by atoms with Gasteiger partial charge >= 0.3 is 5.97 Å². The molecule has 0 unspecified atom stereocenters. The fraction of sp³-hybridized carbons (Fsp3) is 0.0833. The summed E-state index contributed by atoms with van der Waals surface area (Å²) in [5.74, 6) is 0.187. The van der Waals surface area contributed by atoms with Crippen molar-refractivity contribution in [1.82, 2.24) is 0 Å². The maximum atomic E-state index is 12.8. The Hall–Kier alpha value is -3.57. The zero-order valence-electron chi connectivity index (χ0n) is 16.1. The number of ether oxygens (including phenoxy) is 2. The molecule has 3 aromatic carbocycles. The SMILES string of the molecule is COC(=O)c1ccc(COc2ccc3c(=O)c(-c4ccc(Cl)cc4)coc3c2)cc1. The Balaban J connectivity index is 1.54. The Morgan fingerprint density at radius 3 is 2.43 bits per heavy atom. The summed E-state index contributed by atoms with van der Waals surface area (Å²) in [6.07, 6.45) is 1.45. The topological polar surface area (TPSA) is 65.7 Å². The molecule has 0 aliphatic carbocycles. The second kappa shape index (κ2) is 8.43. The highest BCUT2D eigenvalue weighted by molar-refractivity contribution is 6.30. The molecule has 0 saturated heterocycles. The van der Waals surface area contributed by atoms with E-state index in [4.69, 9.17) is 20.8 Å². The van der Waals surface area contributed by atoms with E-state index in [0.717, 1.165) is 11.1 Å². The van der Waals surface area contributed by atoms with Crippen molar-refractivity contribution < 1.29 is 18.7 Å². The van der Waals surface area contributed by atoms with Crippen molar-refractivity contribution in [3.05, 3.63) is 99.4 Å². The molecule has 1 heterocycles. The molecule has 150 valence electrons. The lowest BCUT2D eigenvalue weighted by atomic mass is 10.1. The predicted molar refractivity (Wildman–Crippen MR) is 115 cm³/mol. The van der Waals surface area contributed by atoms with Crippen LogP contribution >= 0.6 is 11.6 Å². The summed E-state index contributed by atoms with van der Waals surface area (Å²) >= 11 is 5.92. The van der Waals surface area contributed by atoms with Gasteiger partial charge in [-0.25, -0.2) is 4.79 Å². The summed E-state index contributed by atoms with van der Waals surface area (Å²) in [5.41, 5.74) is 2.90. The zero-order valence-corrected chi connectivity index (χ0v) is 16.8. The van der Waals surface area contributed by atoms with Crippen LogP contribution < -0.4 is 10.2 Å². The summed E-state index contributed by atoms with van der Waals surface area (Å²) in [6, 6.07) is 19.1. The Morgan fingerprint density at radius 1 is 1.00 bits per heavy atom. The van der Waals surface area contributed by atoms with E-state index in [-0.39, 0.29) is 11.4 Å². The van der Waals surface area contributed by atoms with Crippen molar-refractivity contribution in [2.24, 2.45) is 0 Å². The summed E-state index contributed by atoms with van der Waals surface area (Å²) in [5, 5.41) is 1.07. The van der Waals surface area contributed by atoms with Gasteiger partial charge in [0.1, 0.15) is 24.2 Å². The largest absolute Gasteiger partial charge is 0.489 e. The summed E-state index contributed by atoms with van der Waals surface area (Å²) < 4.78 is 16.2. The smallest absolute Gasteiger partial charge is 0.337 e. The first-order chi connectivity index (χ1) is 14.5. The second-order valence-corrected chi connectivity index (χ2v) is 7.06. The molecule has 0 atom stereocenters. The van der Waals surface area contributed by atoms with Crippen molar-refractivity contribution >= 4 is 28.5 Å². The van der Waals surface area contributed by atoms with Gasteiger partial charge in [0.25, 0.3) is 0 Å². The molecule has 4 rings (SSSR count). The molecule has 0 radical (unpaired) electrons. The molecule has 0 bridgehead atoms. The number of hydrogen-bond acceptors (Lipinski definition) is 5. The van der Waals surface area contributed by atoms with Gasteiger partial charge in [0.15, 0.2) is 5.43 Å². The van der Waals surface area contributed by atoms with Gasteiger partial charge in [0.05, 0.1) is 23.6 Å². The van der Waals surface area contributed by atoms with Gasteiger partial charge < -0.3 is 13.9 Å². The maximum Gasteiger partial charge on any atom is 0.337 e. The van der Waals surface area contributed by atoms with Gasteiger partial charge in [0, 0.05) is 11.1 Å². The maximum absolute atomic E-state index is 12.8. The molecule has 4 aromatic rings. The van der Waals surface area contributed by atoms with Crippen LogP contribution in [0.2, 0.25) is 5.02 Å². The monoisotopic (exact) mass is 420 g/mol. The fourth-order valence-electron chi connectivity index (χ4n) is 3.05. The number of esters is 1. The first kappa shape index (κ1) is 19.7. The van der Waals surface area contributed by atoms with Gasteiger partial charge in [0.2, 0.25) is 0 Å². The minimum absolute atomic E-state index is 0.122.